The van der Waals surface area contributed by atoms with Crippen LogP contribution in [0.15, 0.2) is 12.1 Å². The fourth-order valence-electron chi connectivity index (χ4n) is 2.80. The van der Waals surface area contributed by atoms with Crippen LogP contribution in [0.25, 0.3) is 0 Å². The van der Waals surface area contributed by atoms with Gasteiger partial charge in [-0.15, -0.1) is 0 Å². The molecule has 1 aliphatic rings. The molecule has 1 heterocycles. The van der Waals surface area contributed by atoms with Crippen molar-refractivity contribution in [2.75, 3.05) is 26.0 Å². The van der Waals surface area contributed by atoms with Gasteiger partial charge in [0.2, 0.25) is 0 Å². The van der Waals surface area contributed by atoms with Crippen molar-refractivity contribution >= 4 is 11.7 Å². The Hall–Kier alpha value is -1.58. The number of anilines is 1. The van der Waals surface area contributed by atoms with Gasteiger partial charge in [0.05, 0.1) is 0 Å². The van der Waals surface area contributed by atoms with Gasteiger partial charge >= 0.3 is 0 Å². The van der Waals surface area contributed by atoms with E-state index >= 15 is 0 Å². The van der Waals surface area contributed by atoms with E-state index in [0.717, 1.165) is 23.6 Å². The van der Waals surface area contributed by atoms with Gasteiger partial charge in [-0.25, -0.2) is 4.98 Å². The van der Waals surface area contributed by atoms with Gasteiger partial charge in [-0.2, -0.15) is 0 Å². The maximum Gasteiger partial charge on any atom is 0.253 e. The Labute approximate surface area is 115 Å². The van der Waals surface area contributed by atoms with Gasteiger partial charge in [-0.05, 0) is 37.8 Å². The Bertz CT molecular complexity index is 453. The summed E-state index contributed by atoms with van der Waals surface area (Å²) in [5, 5.41) is 2.99. The van der Waals surface area contributed by atoms with Gasteiger partial charge < -0.3 is 10.2 Å². The van der Waals surface area contributed by atoms with Crippen LogP contribution < -0.4 is 5.32 Å². The molecule has 2 rings (SSSR count). The van der Waals surface area contributed by atoms with Crippen LogP contribution in [0.2, 0.25) is 0 Å². The molecule has 4 heteroatoms. The lowest BCUT2D eigenvalue weighted by molar-refractivity contribution is 0.0773. The standard InChI is InChI=1S/C15H23N3O/c1-11-8-13(9-14(16-2)17-11)15(19)18(3)10-12-6-4-5-7-12/h8-9,12H,4-7,10H2,1-3H3,(H,16,17). The predicted octanol–water partition coefficient (Wildman–Crippen LogP) is 2.69. The van der Waals surface area contributed by atoms with Crippen LogP contribution >= 0.6 is 0 Å². The Morgan fingerprint density at radius 2 is 2.11 bits per heavy atom. The first kappa shape index (κ1) is 13.8. The molecule has 1 N–H and O–H groups in total. The van der Waals surface area contributed by atoms with E-state index in [-0.39, 0.29) is 5.91 Å². The van der Waals surface area contributed by atoms with Gasteiger partial charge in [0.25, 0.3) is 5.91 Å². The van der Waals surface area contributed by atoms with Crippen molar-refractivity contribution in [2.24, 2.45) is 5.92 Å². The van der Waals surface area contributed by atoms with Gasteiger partial charge in [-0.1, -0.05) is 12.8 Å². The number of nitrogens with zero attached hydrogens (tertiary/aromatic N) is 2. The Kier molecular flexibility index (Phi) is 4.40. The van der Waals surface area contributed by atoms with Crippen molar-refractivity contribution in [1.29, 1.82) is 0 Å². The van der Waals surface area contributed by atoms with Crippen LogP contribution in [-0.2, 0) is 0 Å². The second-order valence-electron chi connectivity index (χ2n) is 5.47. The second kappa shape index (κ2) is 6.04. The van der Waals surface area contributed by atoms with E-state index in [1.165, 1.54) is 25.7 Å². The summed E-state index contributed by atoms with van der Waals surface area (Å²) in [7, 11) is 3.72. The zero-order valence-corrected chi connectivity index (χ0v) is 12.1. The molecule has 1 fully saturated rings. The van der Waals surface area contributed by atoms with Gasteiger partial charge in [0, 0.05) is 31.9 Å². The van der Waals surface area contributed by atoms with E-state index in [0.29, 0.717) is 5.92 Å². The molecular formula is C15H23N3O. The molecule has 0 radical (unpaired) electrons. The molecule has 0 aliphatic heterocycles. The third-order valence-electron chi connectivity index (χ3n) is 3.81. The first-order valence-electron chi connectivity index (χ1n) is 7.02. The van der Waals surface area contributed by atoms with Crippen molar-refractivity contribution in [3.05, 3.63) is 23.4 Å². The lowest BCUT2D eigenvalue weighted by Crippen LogP contribution is -2.31. The van der Waals surface area contributed by atoms with Crippen LogP contribution in [0, 0.1) is 12.8 Å². The SMILES string of the molecule is CNc1cc(C(=O)N(C)CC2CCCC2)cc(C)n1. The number of carbonyl (C=O) groups excluding carboxylic acids is 1. The number of amides is 1. The number of nitrogens with one attached hydrogen (secondary N) is 1. The van der Waals surface area contributed by atoms with Crippen LogP contribution in [0.1, 0.15) is 41.7 Å². The van der Waals surface area contributed by atoms with E-state index in [9.17, 15) is 4.79 Å². The highest BCUT2D eigenvalue weighted by Crippen LogP contribution is 2.25. The average Bonchev–Trinajstić information content (AvgIpc) is 2.89. The van der Waals surface area contributed by atoms with E-state index < -0.39 is 0 Å². The topological polar surface area (TPSA) is 45.2 Å². The Balaban J connectivity index is 2.07. The Morgan fingerprint density at radius 1 is 1.42 bits per heavy atom. The third-order valence-corrected chi connectivity index (χ3v) is 3.81. The number of rotatable bonds is 4. The van der Waals surface area contributed by atoms with Crippen molar-refractivity contribution in [3.63, 3.8) is 0 Å². The van der Waals surface area contributed by atoms with Crippen LogP contribution in [0.3, 0.4) is 0 Å². The van der Waals surface area contributed by atoms with Crippen molar-refractivity contribution in [3.8, 4) is 0 Å². The minimum Gasteiger partial charge on any atom is -0.373 e. The summed E-state index contributed by atoms with van der Waals surface area (Å²) in [6, 6.07) is 3.68. The van der Waals surface area contributed by atoms with Crippen LogP contribution in [0.5, 0.6) is 0 Å². The van der Waals surface area contributed by atoms with E-state index in [4.69, 9.17) is 0 Å². The maximum absolute atomic E-state index is 12.4. The molecule has 4 nitrogen and oxygen atoms in total. The van der Waals surface area contributed by atoms with Gasteiger partial charge in [0.15, 0.2) is 0 Å². The van der Waals surface area contributed by atoms with Gasteiger partial charge in [0.1, 0.15) is 5.82 Å². The molecule has 1 aromatic rings. The van der Waals surface area contributed by atoms with Gasteiger partial charge in [-0.3, -0.25) is 4.79 Å². The molecule has 0 unspecified atom stereocenters. The molecule has 1 amide bonds. The smallest absolute Gasteiger partial charge is 0.253 e. The number of hydrogen-bond donors (Lipinski definition) is 1. The molecule has 0 saturated heterocycles. The molecule has 0 atom stereocenters. The first-order chi connectivity index (χ1) is 9.10. The lowest BCUT2D eigenvalue weighted by Gasteiger charge is -2.21. The number of carbonyl (C=O) groups is 1. The van der Waals surface area contributed by atoms with Crippen molar-refractivity contribution in [2.45, 2.75) is 32.6 Å². The summed E-state index contributed by atoms with van der Waals surface area (Å²) in [6.07, 6.45) is 5.14. The normalized spacial score (nSPS) is 15.5. The molecule has 0 aromatic carbocycles. The van der Waals surface area contributed by atoms with E-state index in [1.807, 2.05) is 38.1 Å². The largest absolute Gasteiger partial charge is 0.373 e. The molecule has 104 valence electrons. The lowest BCUT2D eigenvalue weighted by atomic mass is 10.1. The first-order valence-corrected chi connectivity index (χ1v) is 7.02. The molecule has 0 spiro atoms. The molecule has 1 saturated carbocycles. The number of aryl methyl sites for hydroxylation is 1. The molecule has 19 heavy (non-hydrogen) atoms. The summed E-state index contributed by atoms with van der Waals surface area (Å²) in [4.78, 5) is 18.6. The summed E-state index contributed by atoms with van der Waals surface area (Å²) in [5.74, 6) is 1.52. The minimum absolute atomic E-state index is 0.0916. The molecule has 1 aliphatic carbocycles. The number of aromatic nitrogens is 1. The van der Waals surface area contributed by atoms with E-state index in [1.54, 1.807) is 0 Å². The second-order valence-corrected chi connectivity index (χ2v) is 5.47. The van der Waals surface area contributed by atoms with Crippen LogP contribution in [-0.4, -0.2) is 36.4 Å². The number of hydrogen-bond acceptors (Lipinski definition) is 3. The third kappa shape index (κ3) is 3.46. The zero-order chi connectivity index (χ0) is 13.8. The monoisotopic (exact) mass is 261 g/mol. The zero-order valence-electron chi connectivity index (χ0n) is 12.1. The minimum atomic E-state index is 0.0916. The quantitative estimate of drug-likeness (QED) is 0.906. The summed E-state index contributed by atoms with van der Waals surface area (Å²) >= 11 is 0. The highest BCUT2D eigenvalue weighted by atomic mass is 16.2. The fraction of sp³-hybridized carbons (Fsp3) is 0.600. The number of pyridine rings is 1. The molecular weight excluding hydrogens is 238 g/mol. The highest BCUT2D eigenvalue weighted by molar-refractivity contribution is 5.94. The van der Waals surface area contributed by atoms with E-state index in [2.05, 4.69) is 10.3 Å². The summed E-state index contributed by atoms with van der Waals surface area (Å²) in [5.41, 5.74) is 1.59. The molecule has 0 bridgehead atoms. The molecule has 1 aromatic heterocycles. The average molecular weight is 261 g/mol. The van der Waals surface area contributed by atoms with Crippen molar-refractivity contribution < 1.29 is 4.79 Å². The summed E-state index contributed by atoms with van der Waals surface area (Å²) in [6.45, 7) is 2.78. The van der Waals surface area contributed by atoms with Crippen LogP contribution in [0.4, 0.5) is 5.82 Å². The Morgan fingerprint density at radius 3 is 2.74 bits per heavy atom. The predicted molar refractivity (Wildman–Crippen MR) is 77.4 cm³/mol. The summed E-state index contributed by atoms with van der Waals surface area (Å²) < 4.78 is 0. The van der Waals surface area contributed by atoms with Crippen molar-refractivity contribution in [1.82, 2.24) is 9.88 Å². The fourth-order valence-corrected chi connectivity index (χ4v) is 2.80. The maximum atomic E-state index is 12.4. The highest BCUT2D eigenvalue weighted by Gasteiger charge is 2.20.